The van der Waals surface area contributed by atoms with Crippen LogP contribution in [0.15, 0.2) is 41.2 Å². The van der Waals surface area contributed by atoms with Gasteiger partial charge in [0.25, 0.3) is 5.56 Å². The third kappa shape index (κ3) is 1.16. The minimum absolute atomic E-state index is 0.0512. The lowest BCUT2D eigenvalue weighted by Crippen LogP contribution is -2.06. The molecule has 0 radical (unpaired) electrons. The smallest absolute Gasteiger partial charge is 0.256 e. The van der Waals surface area contributed by atoms with Crippen molar-refractivity contribution in [3.8, 4) is 5.88 Å². The molecule has 0 atom stereocenters. The fraction of sp³-hybridized carbons (Fsp3) is 0. The number of fused-ring (bicyclic) bond motifs is 3. The number of aromatic nitrogens is 2. The number of benzene rings is 1. The maximum absolute atomic E-state index is 11.7. The first-order chi connectivity index (χ1) is 7.75. The van der Waals surface area contributed by atoms with Gasteiger partial charge >= 0.3 is 0 Å². The molecule has 4 nitrogen and oxygen atoms in total. The lowest BCUT2D eigenvalue weighted by molar-refractivity contribution is 0.456. The number of H-pyrrole nitrogens is 1. The van der Waals surface area contributed by atoms with Gasteiger partial charge < -0.3 is 10.1 Å². The van der Waals surface area contributed by atoms with Gasteiger partial charge in [0.05, 0.1) is 11.0 Å². The summed E-state index contributed by atoms with van der Waals surface area (Å²) in [5.41, 5.74) is 1.09. The zero-order valence-corrected chi connectivity index (χ0v) is 8.27. The van der Waals surface area contributed by atoms with Gasteiger partial charge in [-0.3, -0.25) is 4.79 Å². The largest absolute Gasteiger partial charge is 0.493 e. The zero-order chi connectivity index (χ0) is 11.1. The van der Waals surface area contributed by atoms with Crippen LogP contribution in [-0.4, -0.2) is 15.1 Å². The molecular formula is C12H8N2O2. The van der Waals surface area contributed by atoms with Crippen molar-refractivity contribution in [2.75, 3.05) is 0 Å². The van der Waals surface area contributed by atoms with E-state index in [-0.39, 0.29) is 11.4 Å². The second-order valence-electron chi connectivity index (χ2n) is 3.57. The Labute approximate surface area is 90.2 Å². The van der Waals surface area contributed by atoms with Crippen LogP contribution >= 0.6 is 0 Å². The van der Waals surface area contributed by atoms with E-state index in [1.54, 1.807) is 18.2 Å². The van der Waals surface area contributed by atoms with Crippen molar-refractivity contribution >= 4 is 21.8 Å². The molecule has 2 heterocycles. The lowest BCUT2D eigenvalue weighted by Gasteiger charge is -2.02. The van der Waals surface area contributed by atoms with Crippen molar-refractivity contribution in [1.29, 1.82) is 0 Å². The molecule has 0 spiro atoms. The molecule has 0 amide bonds. The van der Waals surface area contributed by atoms with Crippen molar-refractivity contribution in [1.82, 2.24) is 9.97 Å². The average Bonchev–Trinajstić information content (AvgIpc) is 2.31. The van der Waals surface area contributed by atoms with Gasteiger partial charge in [-0.2, -0.15) is 0 Å². The fourth-order valence-electron chi connectivity index (χ4n) is 1.83. The Morgan fingerprint density at radius 2 is 1.81 bits per heavy atom. The molecule has 2 aromatic heterocycles. The van der Waals surface area contributed by atoms with Crippen LogP contribution < -0.4 is 5.56 Å². The number of rotatable bonds is 0. The van der Waals surface area contributed by atoms with E-state index >= 15 is 0 Å². The van der Waals surface area contributed by atoms with Gasteiger partial charge in [-0.15, -0.1) is 0 Å². The summed E-state index contributed by atoms with van der Waals surface area (Å²) in [6.45, 7) is 0. The fourth-order valence-corrected chi connectivity index (χ4v) is 1.83. The predicted octanol–water partition coefficient (Wildman–Crippen LogP) is 1.78. The molecule has 4 heteroatoms. The first-order valence-electron chi connectivity index (χ1n) is 4.86. The average molecular weight is 212 g/mol. The van der Waals surface area contributed by atoms with E-state index in [1.165, 1.54) is 6.07 Å². The zero-order valence-electron chi connectivity index (χ0n) is 8.27. The molecule has 3 aromatic rings. The van der Waals surface area contributed by atoms with Gasteiger partial charge in [0.15, 0.2) is 0 Å². The number of aromatic amines is 1. The highest BCUT2D eigenvalue weighted by Crippen LogP contribution is 2.20. The summed E-state index contributed by atoms with van der Waals surface area (Å²) in [5.74, 6) is -0.0512. The highest BCUT2D eigenvalue weighted by atomic mass is 16.3. The number of hydrogen-bond donors (Lipinski definition) is 2. The van der Waals surface area contributed by atoms with Crippen LogP contribution in [0.1, 0.15) is 0 Å². The van der Waals surface area contributed by atoms with Crippen LogP contribution in [0.25, 0.3) is 21.8 Å². The molecule has 16 heavy (non-hydrogen) atoms. The van der Waals surface area contributed by atoms with Gasteiger partial charge in [-0.25, -0.2) is 4.98 Å². The second-order valence-corrected chi connectivity index (χ2v) is 3.57. The van der Waals surface area contributed by atoms with E-state index in [0.29, 0.717) is 16.4 Å². The van der Waals surface area contributed by atoms with Crippen LogP contribution in [0.3, 0.4) is 0 Å². The Hall–Kier alpha value is -2.36. The predicted molar refractivity (Wildman–Crippen MR) is 61.5 cm³/mol. The Balaban J connectivity index is 2.66. The Kier molecular flexibility index (Phi) is 1.71. The second kappa shape index (κ2) is 3.06. The summed E-state index contributed by atoms with van der Waals surface area (Å²) in [6.07, 6.45) is 0. The van der Waals surface area contributed by atoms with Gasteiger partial charge in [-0.05, 0) is 12.1 Å². The quantitative estimate of drug-likeness (QED) is 0.558. The normalized spacial score (nSPS) is 11.0. The molecule has 78 valence electrons. The minimum Gasteiger partial charge on any atom is -0.493 e. The monoisotopic (exact) mass is 212 g/mol. The van der Waals surface area contributed by atoms with Crippen LogP contribution in [-0.2, 0) is 0 Å². The Bertz CT molecular complexity index is 747. The summed E-state index contributed by atoms with van der Waals surface area (Å²) >= 11 is 0. The van der Waals surface area contributed by atoms with Crippen molar-refractivity contribution < 1.29 is 5.11 Å². The summed E-state index contributed by atoms with van der Waals surface area (Å²) < 4.78 is 0. The number of aromatic hydroxyl groups is 1. The first-order valence-corrected chi connectivity index (χ1v) is 4.86. The minimum atomic E-state index is -0.143. The number of nitrogens with one attached hydrogen (secondary N) is 1. The number of pyridine rings is 2. The topological polar surface area (TPSA) is 66.0 Å². The summed E-state index contributed by atoms with van der Waals surface area (Å²) in [4.78, 5) is 18.5. The summed E-state index contributed by atoms with van der Waals surface area (Å²) in [6, 6.07) is 10.3. The molecule has 0 bridgehead atoms. The van der Waals surface area contributed by atoms with Crippen LogP contribution in [0.5, 0.6) is 5.88 Å². The Morgan fingerprint density at radius 1 is 1.06 bits per heavy atom. The summed E-state index contributed by atoms with van der Waals surface area (Å²) in [5, 5.41) is 10.7. The van der Waals surface area contributed by atoms with Crippen molar-refractivity contribution in [2.24, 2.45) is 0 Å². The molecular weight excluding hydrogens is 204 g/mol. The standard InChI is InChI=1S/C12H8N2O2/c15-10-6-5-9-11(14-10)7-3-1-2-4-8(7)12(16)13-9/h1-6H,(H,13,16)(H,14,15). The molecule has 1 aromatic carbocycles. The molecule has 3 rings (SSSR count). The molecule has 0 fully saturated rings. The van der Waals surface area contributed by atoms with E-state index in [0.717, 1.165) is 5.39 Å². The third-order valence-corrected chi connectivity index (χ3v) is 2.56. The molecule has 0 saturated heterocycles. The van der Waals surface area contributed by atoms with E-state index in [2.05, 4.69) is 9.97 Å². The van der Waals surface area contributed by atoms with E-state index in [1.807, 2.05) is 12.1 Å². The molecule has 0 aliphatic rings. The maximum Gasteiger partial charge on any atom is 0.256 e. The molecule has 0 unspecified atom stereocenters. The highest BCUT2D eigenvalue weighted by molar-refractivity contribution is 6.02. The van der Waals surface area contributed by atoms with Gasteiger partial charge in [0.2, 0.25) is 5.88 Å². The number of hydrogen-bond acceptors (Lipinski definition) is 3. The van der Waals surface area contributed by atoms with Crippen LogP contribution in [0.2, 0.25) is 0 Å². The molecule has 0 saturated carbocycles. The van der Waals surface area contributed by atoms with E-state index < -0.39 is 0 Å². The third-order valence-electron chi connectivity index (χ3n) is 2.56. The van der Waals surface area contributed by atoms with Crippen LogP contribution in [0, 0.1) is 0 Å². The van der Waals surface area contributed by atoms with Gasteiger partial charge in [-0.1, -0.05) is 18.2 Å². The molecule has 0 aliphatic heterocycles. The highest BCUT2D eigenvalue weighted by Gasteiger charge is 2.05. The van der Waals surface area contributed by atoms with E-state index in [9.17, 15) is 9.90 Å². The van der Waals surface area contributed by atoms with Crippen molar-refractivity contribution in [3.63, 3.8) is 0 Å². The van der Waals surface area contributed by atoms with E-state index in [4.69, 9.17) is 0 Å². The molecule has 2 N–H and O–H groups in total. The number of nitrogens with zero attached hydrogens (tertiary/aromatic N) is 1. The van der Waals surface area contributed by atoms with Gasteiger partial charge in [0.1, 0.15) is 0 Å². The SMILES string of the molecule is O=c1[nH]c2ccc(O)nc2c2ccccc12. The van der Waals surface area contributed by atoms with Crippen LogP contribution in [0.4, 0.5) is 0 Å². The summed E-state index contributed by atoms with van der Waals surface area (Å²) in [7, 11) is 0. The van der Waals surface area contributed by atoms with Crippen molar-refractivity contribution in [3.05, 3.63) is 46.8 Å². The lowest BCUT2D eigenvalue weighted by atomic mass is 10.1. The van der Waals surface area contributed by atoms with Crippen molar-refractivity contribution in [2.45, 2.75) is 0 Å². The molecule has 0 aliphatic carbocycles. The maximum atomic E-state index is 11.7. The Morgan fingerprint density at radius 3 is 2.62 bits per heavy atom. The first kappa shape index (κ1) is 8.91. The van der Waals surface area contributed by atoms with Gasteiger partial charge in [0, 0.05) is 16.8 Å².